The molecule has 20 heavy (non-hydrogen) atoms. The third-order valence-electron chi connectivity index (χ3n) is 2.98. The normalized spacial score (nSPS) is 16.6. The van der Waals surface area contributed by atoms with Crippen LogP contribution in [0.15, 0.2) is 12.1 Å². The van der Waals surface area contributed by atoms with Crippen LogP contribution in [0, 0.1) is 0 Å². The smallest absolute Gasteiger partial charge is 0.416 e. The van der Waals surface area contributed by atoms with Crippen LogP contribution in [0.25, 0.3) is 0 Å². The fourth-order valence-corrected chi connectivity index (χ4v) is 2.05. The minimum atomic E-state index is -4.56. The lowest BCUT2D eigenvalue weighted by molar-refractivity contribution is -0.139. The first-order chi connectivity index (χ1) is 9.43. The summed E-state index contributed by atoms with van der Waals surface area (Å²) in [5.41, 5.74) is -1.11. The molecule has 112 valence electrons. The van der Waals surface area contributed by atoms with Gasteiger partial charge in [0.25, 0.3) is 0 Å². The van der Waals surface area contributed by atoms with Gasteiger partial charge in [-0.25, -0.2) is 0 Å². The first kappa shape index (κ1) is 14.9. The lowest BCUT2D eigenvalue weighted by atomic mass is 10.0. The van der Waals surface area contributed by atoms with Gasteiger partial charge in [0.2, 0.25) is 0 Å². The molecule has 1 aromatic rings. The Hall–Kier alpha value is -1.47. The van der Waals surface area contributed by atoms with Gasteiger partial charge in [0.1, 0.15) is 0 Å². The molecular weight excluding hydrogens is 275 g/mol. The monoisotopic (exact) mass is 291 g/mol. The topological polar surface area (TPSA) is 50.7 Å². The fraction of sp³-hybridized carbons (Fsp3) is 0.538. The molecule has 0 spiro atoms. The molecule has 0 aromatic heterocycles. The summed E-state index contributed by atoms with van der Waals surface area (Å²) in [6.45, 7) is 0.700. The number of hydrogen-bond acceptors (Lipinski definition) is 4. The minimum absolute atomic E-state index is 0.0166. The molecule has 0 bridgehead atoms. The van der Waals surface area contributed by atoms with Crippen molar-refractivity contribution in [3.05, 3.63) is 23.3 Å². The number of aliphatic hydroxyl groups is 1. The Bertz CT molecular complexity index is 477. The summed E-state index contributed by atoms with van der Waals surface area (Å²) >= 11 is 0. The van der Waals surface area contributed by atoms with Crippen LogP contribution in [0.1, 0.15) is 23.7 Å². The van der Waals surface area contributed by atoms with Crippen LogP contribution in [0.5, 0.6) is 11.5 Å². The van der Waals surface area contributed by atoms with Crippen LogP contribution in [0.3, 0.4) is 0 Å². The Labute approximate surface area is 114 Å². The second kappa shape index (κ2) is 5.88. The van der Waals surface area contributed by atoms with Crippen molar-refractivity contribution in [1.82, 2.24) is 5.32 Å². The number of hydrogen-bond donors (Lipinski definition) is 2. The number of benzene rings is 1. The molecular formula is C13H16F3NO3. The van der Waals surface area contributed by atoms with Crippen molar-refractivity contribution in [2.45, 2.75) is 18.7 Å². The molecule has 0 aliphatic carbocycles. The highest BCUT2D eigenvalue weighted by molar-refractivity contribution is 5.49. The number of aliphatic hydroxyl groups excluding tert-OH is 1. The van der Waals surface area contributed by atoms with Crippen molar-refractivity contribution < 1.29 is 27.8 Å². The van der Waals surface area contributed by atoms with E-state index in [2.05, 4.69) is 5.32 Å². The van der Waals surface area contributed by atoms with Gasteiger partial charge >= 0.3 is 6.18 Å². The van der Waals surface area contributed by atoms with Crippen molar-refractivity contribution in [1.29, 1.82) is 0 Å². The molecule has 1 unspecified atom stereocenters. The van der Waals surface area contributed by atoms with Crippen LogP contribution >= 0.6 is 0 Å². The largest absolute Gasteiger partial charge is 0.490 e. The lowest BCUT2D eigenvalue weighted by Crippen LogP contribution is -2.20. The highest BCUT2D eigenvalue weighted by Gasteiger charge is 2.36. The highest BCUT2D eigenvalue weighted by Crippen LogP contribution is 2.42. The van der Waals surface area contributed by atoms with E-state index in [9.17, 15) is 18.3 Å². The predicted molar refractivity (Wildman–Crippen MR) is 65.9 cm³/mol. The number of ether oxygens (including phenoxy) is 2. The van der Waals surface area contributed by atoms with Gasteiger partial charge in [-0.3, -0.25) is 0 Å². The molecule has 1 aliphatic rings. The first-order valence-electron chi connectivity index (χ1n) is 6.27. The molecule has 1 atom stereocenters. The van der Waals surface area contributed by atoms with Crippen LogP contribution in [-0.4, -0.2) is 31.9 Å². The van der Waals surface area contributed by atoms with E-state index >= 15 is 0 Å². The van der Waals surface area contributed by atoms with Crippen molar-refractivity contribution in [3.8, 4) is 11.5 Å². The van der Waals surface area contributed by atoms with E-state index in [0.717, 1.165) is 6.07 Å². The van der Waals surface area contributed by atoms with Crippen molar-refractivity contribution >= 4 is 0 Å². The molecule has 2 rings (SSSR count). The number of halogens is 3. The summed E-state index contributed by atoms with van der Waals surface area (Å²) in [5.74, 6) is 0.302. The average molecular weight is 291 g/mol. The van der Waals surface area contributed by atoms with Gasteiger partial charge in [-0.2, -0.15) is 13.2 Å². The quantitative estimate of drug-likeness (QED) is 0.895. The molecule has 1 aliphatic heterocycles. The molecule has 0 saturated heterocycles. The van der Waals surface area contributed by atoms with Crippen molar-refractivity contribution in [3.63, 3.8) is 0 Å². The summed E-state index contributed by atoms with van der Waals surface area (Å²) in [6.07, 6.45) is -5.23. The third kappa shape index (κ3) is 3.16. The highest BCUT2D eigenvalue weighted by atomic mass is 19.4. The minimum Gasteiger partial charge on any atom is -0.490 e. The Morgan fingerprint density at radius 3 is 2.40 bits per heavy atom. The van der Waals surface area contributed by atoms with Gasteiger partial charge in [0, 0.05) is 13.0 Å². The van der Waals surface area contributed by atoms with Gasteiger partial charge in [0.05, 0.1) is 24.9 Å². The molecule has 1 aromatic carbocycles. The molecule has 1 heterocycles. The molecule has 0 saturated carbocycles. The van der Waals surface area contributed by atoms with E-state index in [1.165, 1.54) is 6.07 Å². The van der Waals surface area contributed by atoms with Gasteiger partial charge in [-0.1, -0.05) is 0 Å². The zero-order chi connectivity index (χ0) is 14.8. The van der Waals surface area contributed by atoms with Crippen molar-refractivity contribution in [2.24, 2.45) is 0 Å². The van der Waals surface area contributed by atoms with Gasteiger partial charge < -0.3 is 19.9 Å². The maximum absolute atomic E-state index is 13.1. The number of likely N-dealkylation sites (N-methyl/N-ethyl adjacent to an activating group) is 1. The maximum Gasteiger partial charge on any atom is 0.416 e. The zero-order valence-electron chi connectivity index (χ0n) is 11.0. The maximum atomic E-state index is 13.1. The predicted octanol–water partition coefficient (Wildman–Crippen LogP) is 2.12. The average Bonchev–Trinajstić information content (AvgIpc) is 2.60. The van der Waals surface area contributed by atoms with E-state index in [1.54, 1.807) is 7.05 Å². The number of alkyl halides is 3. The molecule has 0 amide bonds. The summed E-state index contributed by atoms with van der Waals surface area (Å²) in [6, 6.07) is 2.11. The van der Waals surface area contributed by atoms with E-state index in [-0.39, 0.29) is 23.6 Å². The standard InChI is InChI=1S/C13H16F3NO3/c1-17-7-10(18)8-5-11-12(20-4-2-3-19-11)6-9(8)13(14,15)16/h5-6,10,17-18H,2-4,7H2,1H3. The Kier molecular flexibility index (Phi) is 4.39. The molecule has 2 N–H and O–H groups in total. The summed E-state index contributed by atoms with van der Waals surface area (Å²) in [7, 11) is 1.56. The third-order valence-corrected chi connectivity index (χ3v) is 2.98. The van der Waals surface area contributed by atoms with Gasteiger partial charge in [0.15, 0.2) is 11.5 Å². The molecule has 0 fully saturated rings. The van der Waals surface area contributed by atoms with Crippen LogP contribution in [-0.2, 0) is 6.18 Å². The molecule has 7 heteroatoms. The molecule has 4 nitrogen and oxygen atoms in total. The summed E-state index contributed by atoms with van der Waals surface area (Å²) in [5, 5.41) is 12.5. The van der Waals surface area contributed by atoms with E-state index in [4.69, 9.17) is 9.47 Å². The second-order valence-corrected chi connectivity index (χ2v) is 4.51. The SMILES string of the molecule is CNCC(O)c1cc2c(cc1C(F)(F)F)OCCCO2. The number of rotatable bonds is 3. The number of nitrogens with one attached hydrogen (secondary N) is 1. The van der Waals surface area contributed by atoms with Gasteiger partial charge in [-0.15, -0.1) is 0 Å². The van der Waals surface area contributed by atoms with Crippen LogP contribution in [0.4, 0.5) is 13.2 Å². The Morgan fingerprint density at radius 1 is 1.25 bits per heavy atom. The van der Waals surface area contributed by atoms with Gasteiger partial charge in [-0.05, 0) is 24.7 Å². The fourth-order valence-electron chi connectivity index (χ4n) is 2.05. The van der Waals surface area contributed by atoms with Crippen molar-refractivity contribution in [2.75, 3.05) is 26.8 Å². The van der Waals surface area contributed by atoms with E-state index < -0.39 is 17.8 Å². The van der Waals surface area contributed by atoms with Crippen LogP contribution < -0.4 is 14.8 Å². The lowest BCUT2D eigenvalue weighted by Gasteiger charge is -2.20. The van der Waals surface area contributed by atoms with E-state index in [0.29, 0.717) is 19.6 Å². The first-order valence-corrected chi connectivity index (χ1v) is 6.27. The number of fused-ring (bicyclic) bond motifs is 1. The summed E-state index contributed by atoms with van der Waals surface area (Å²) < 4.78 is 49.9. The molecule has 0 radical (unpaired) electrons. The van der Waals surface area contributed by atoms with Crippen LogP contribution in [0.2, 0.25) is 0 Å². The van der Waals surface area contributed by atoms with E-state index in [1.807, 2.05) is 0 Å². The zero-order valence-corrected chi connectivity index (χ0v) is 11.0. The Balaban J connectivity index is 2.49. The Morgan fingerprint density at radius 2 is 1.85 bits per heavy atom. The summed E-state index contributed by atoms with van der Waals surface area (Å²) in [4.78, 5) is 0. The second-order valence-electron chi connectivity index (χ2n) is 4.51.